The normalized spacial score (nSPS) is 23.4. The van der Waals surface area contributed by atoms with E-state index in [1.54, 1.807) is 25.4 Å². The maximum Gasteiger partial charge on any atom is 0.228 e. The van der Waals surface area contributed by atoms with Gasteiger partial charge in [-0.25, -0.2) is 4.98 Å². The molecule has 1 aromatic rings. The Labute approximate surface area is 161 Å². The summed E-state index contributed by atoms with van der Waals surface area (Å²) in [7, 11) is 1.59. The lowest BCUT2D eigenvalue weighted by molar-refractivity contribution is -0.123. The van der Waals surface area contributed by atoms with Gasteiger partial charge in [0.05, 0.1) is 7.11 Å². The lowest BCUT2D eigenvalue weighted by Crippen LogP contribution is -2.40. The Morgan fingerprint density at radius 3 is 2.56 bits per heavy atom. The van der Waals surface area contributed by atoms with Crippen LogP contribution in [-0.2, 0) is 9.59 Å². The quantitative estimate of drug-likeness (QED) is 0.797. The molecule has 2 aliphatic rings. The minimum atomic E-state index is -0.0236. The van der Waals surface area contributed by atoms with Crippen molar-refractivity contribution >= 4 is 17.6 Å². The van der Waals surface area contributed by atoms with Gasteiger partial charge in [-0.3, -0.25) is 9.59 Å². The van der Waals surface area contributed by atoms with Crippen LogP contribution in [0.1, 0.15) is 64.2 Å². The molecule has 1 aromatic heterocycles. The van der Waals surface area contributed by atoms with Crippen molar-refractivity contribution in [2.45, 2.75) is 70.3 Å². The third-order valence-corrected chi connectivity index (χ3v) is 5.88. The Bertz CT molecular complexity index is 635. The fourth-order valence-electron chi connectivity index (χ4n) is 4.27. The average molecular weight is 373 g/mol. The van der Waals surface area contributed by atoms with Crippen LogP contribution in [0.3, 0.4) is 0 Å². The molecule has 0 aliphatic heterocycles. The first-order valence-electron chi connectivity index (χ1n) is 10.2. The number of hydrogen-bond acceptors (Lipinski definition) is 4. The zero-order chi connectivity index (χ0) is 19.1. The lowest BCUT2D eigenvalue weighted by atomic mass is 9.84. The van der Waals surface area contributed by atoms with Gasteiger partial charge in [0.2, 0.25) is 11.8 Å². The number of nitrogens with one attached hydrogen (secondary N) is 2. The zero-order valence-corrected chi connectivity index (χ0v) is 16.2. The van der Waals surface area contributed by atoms with Crippen molar-refractivity contribution in [3.63, 3.8) is 0 Å². The molecule has 27 heavy (non-hydrogen) atoms. The maximum absolute atomic E-state index is 12.5. The molecule has 2 aliphatic carbocycles. The van der Waals surface area contributed by atoms with E-state index in [2.05, 4.69) is 15.6 Å². The number of nitrogens with zero attached hydrogens (tertiary/aromatic N) is 1. The van der Waals surface area contributed by atoms with Gasteiger partial charge in [-0.15, -0.1) is 0 Å². The topological polar surface area (TPSA) is 80.3 Å². The Balaban J connectivity index is 1.40. The first kappa shape index (κ1) is 19.6. The van der Waals surface area contributed by atoms with E-state index in [1.165, 1.54) is 32.1 Å². The van der Waals surface area contributed by atoms with Gasteiger partial charge in [0.25, 0.3) is 0 Å². The highest BCUT2D eigenvalue weighted by molar-refractivity contribution is 5.91. The van der Waals surface area contributed by atoms with Crippen LogP contribution in [-0.4, -0.2) is 29.9 Å². The van der Waals surface area contributed by atoms with Crippen molar-refractivity contribution in [1.82, 2.24) is 10.3 Å². The lowest BCUT2D eigenvalue weighted by Gasteiger charge is -2.29. The molecule has 3 rings (SSSR count). The predicted octanol–water partition coefficient (Wildman–Crippen LogP) is 3.67. The minimum absolute atomic E-state index is 0.00253. The number of carbonyl (C=O) groups excluding carboxylic acids is 2. The summed E-state index contributed by atoms with van der Waals surface area (Å²) < 4.78 is 5.16. The van der Waals surface area contributed by atoms with Crippen LogP contribution in [0.4, 0.5) is 5.82 Å². The number of rotatable bonds is 6. The molecule has 2 fully saturated rings. The van der Waals surface area contributed by atoms with E-state index in [1.807, 2.05) is 0 Å². The zero-order valence-electron chi connectivity index (χ0n) is 16.2. The van der Waals surface area contributed by atoms with Crippen LogP contribution in [0.2, 0.25) is 0 Å². The SMILES string of the molecule is COc1ccnc(NC(=O)C2CCC(NC(=O)CC3CCCCC3)CC2)c1. The van der Waals surface area contributed by atoms with Gasteiger partial charge in [-0.1, -0.05) is 19.3 Å². The summed E-state index contributed by atoms with van der Waals surface area (Å²) in [6.07, 6.45) is 11.8. The molecule has 6 nitrogen and oxygen atoms in total. The summed E-state index contributed by atoms with van der Waals surface area (Å²) in [5.74, 6) is 1.92. The molecule has 0 unspecified atom stereocenters. The molecule has 0 radical (unpaired) electrons. The Kier molecular flexibility index (Phi) is 7.07. The number of pyridine rings is 1. The predicted molar refractivity (Wildman–Crippen MR) is 104 cm³/mol. The van der Waals surface area contributed by atoms with Crippen LogP contribution in [0.15, 0.2) is 18.3 Å². The molecule has 0 atom stereocenters. The van der Waals surface area contributed by atoms with Crippen LogP contribution in [0, 0.1) is 11.8 Å². The first-order chi connectivity index (χ1) is 13.1. The molecule has 0 saturated heterocycles. The van der Waals surface area contributed by atoms with Gasteiger partial charge in [-0.05, 0) is 50.5 Å². The summed E-state index contributed by atoms with van der Waals surface area (Å²) in [6.45, 7) is 0. The van der Waals surface area contributed by atoms with Crippen molar-refractivity contribution < 1.29 is 14.3 Å². The second kappa shape index (κ2) is 9.72. The molecule has 0 spiro atoms. The molecular weight excluding hydrogens is 342 g/mol. The van der Waals surface area contributed by atoms with E-state index in [0.717, 1.165) is 25.7 Å². The van der Waals surface area contributed by atoms with Gasteiger partial charge in [0.15, 0.2) is 0 Å². The fourth-order valence-corrected chi connectivity index (χ4v) is 4.27. The molecule has 0 bridgehead atoms. The summed E-state index contributed by atoms with van der Waals surface area (Å²) in [5.41, 5.74) is 0. The number of hydrogen-bond donors (Lipinski definition) is 2. The summed E-state index contributed by atoms with van der Waals surface area (Å²) >= 11 is 0. The highest BCUT2D eigenvalue weighted by Crippen LogP contribution is 2.28. The van der Waals surface area contributed by atoms with Crippen LogP contribution in [0.5, 0.6) is 5.75 Å². The van der Waals surface area contributed by atoms with Crippen molar-refractivity contribution in [2.24, 2.45) is 11.8 Å². The number of aromatic nitrogens is 1. The molecule has 1 heterocycles. The maximum atomic E-state index is 12.5. The van der Waals surface area contributed by atoms with Gasteiger partial charge in [0, 0.05) is 30.6 Å². The largest absolute Gasteiger partial charge is 0.497 e. The summed E-state index contributed by atoms with van der Waals surface area (Å²) in [4.78, 5) is 28.9. The molecule has 6 heteroatoms. The van der Waals surface area contributed by atoms with E-state index in [4.69, 9.17) is 4.74 Å². The number of methoxy groups -OCH3 is 1. The molecule has 2 amide bonds. The number of ether oxygens (including phenoxy) is 1. The van der Waals surface area contributed by atoms with E-state index < -0.39 is 0 Å². The third kappa shape index (κ3) is 5.94. The number of carbonyl (C=O) groups is 2. The van der Waals surface area contributed by atoms with Gasteiger partial charge >= 0.3 is 0 Å². The molecule has 0 aromatic carbocycles. The summed E-state index contributed by atoms with van der Waals surface area (Å²) in [6, 6.07) is 3.67. The van der Waals surface area contributed by atoms with Gasteiger partial charge in [0.1, 0.15) is 11.6 Å². The van der Waals surface area contributed by atoms with Crippen LogP contribution >= 0.6 is 0 Å². The second-order valence-corrected chi connectivity index (χ2v) is 7.89. The van der Waals surface area contributed by atoms with E-state index in [0.29, 0.717) is 23.9 Å². The standard InChI is InChI=1S/C21H31N3O3/c1-27-18-11-12-22-19(14-18)24-21(26)16-7-9-17(10-8-16)23-20(25)13-15-5-3-2-4-6-15/h11-12,14-17H,2-10,13H2,1H3,(H,23,25)(H,22,24,26). The minimum Gasteiger partial charge on any atom is -0.497 e. The highest BCUT2D eigenvalue weighted by atomic mass is 16.5. The smallest absolute Gasteiger partial charge is 0.228 e. The number of amides is 2. The third-order valence-electron chi connectivity index (χ3n) is 5.88. The summed E-state index contributed by atoms with van der Waals surface area (Å²) in [5, 5.41) is 6.07. The average Bonchev–Trinajstić information content (AvgIpc) is 2.69. The number of anilines is 1. The van der Waals surface area contributed by atoms with Crippen LogP contribution in [0.25, 0.3) is 0 Å². The first-order valence-corrected chi connectivity index (χ1v) is 10.2. The molecule has 2 saturated carbocycles. The van der Waals surface area contributed by atoms with E-state index >= 15 is 0 Å². The van der Waals surface area contributed by atoms with Gasteiger partial charge in [-0.2, -0.15) is 0 Å². The van der Waals surface area contributed by atoms with Crippen molar-refractivity contribution in [2.75, 3.05) is 12.4 Å². The van der Waals surface area contributed by atoms with E-state index in [9.17, 15) is 9.59 Å². The molecule has 2 N–H and O–H groups in total. The van der Waals surface area contributed by atoms with Crippen molar-refractivity contribution in [1.29, 1.82) is 0 Å². The highest BCUT2D eigenvalue weighted by Gasteiger charge is 2.28. The fraction of sp³-hybridized carbons (Fsp3) is 0.667. The Morgan fingerprint density at radius 1 is 1.11 bits per heavy atom. The van der Waals surface area contributed by atoms with Crippen molar-refractivity contribution in [3.8, 4) is 5.75 Å². The molecule has 148 valence electrons. The van der Waals surface area contributed by atoms with E-state index in [-0.39, 0.29) is 23.8 Å². The Morgan fingerprint density at radius 2 is 1.85 bits per heavy atom. The second-order valence-electron chi connectivity index (χ2n) is 7.89. The van der Waals surface area contributed by atoms with Gasteiger partial charge < -0.3 is 15.4 Å². The monoisotopic (exact) mass is 373 g/mol. The van der Waals surface area contributed by atoms with Crippen LogP contribution < -0.4 is 15.4 Å². The molecular formula is C21H31N3O3. The Hall–Kier alpha value is -2.11. The van der Waals surface area contributed by atoms with Crippen molar-refractivity contribution in [3.05, 3.63) is 18.3 Å².